The molecule has 5 nitrogen and oxygen atoms in total. The normalized spacial score (nSPS) is 25.2. The van der Waals surface area contributed by atoms with Crippen molar-refractivity contribution in [2.75, 3.05) is 0 Å². The number of pyridine rings is 1. The average molecular weight is 493 g/mol. The van der Waals surface area contributed by atoms with E-state index in [1.807, 2.05) is 30.4 Å². The second-order valence-electron chi connectivity index (χ2n) is 10.0. The molecule has 1 amide bonds. The first-order valence-electron chi connectivity index (χ1n) is 13.1. The van der Waals surface area contributed by atoms with Crippen LogP contribution in [0.25, 0.3) is 16.5 Å². The van der Waals surface area contributed by atoms with Crippen LogP contribution < -0.4 is 5.32 Å². The fourth-order valence-corrected chi connectivity index (χ4v) is 5.53. The Morgan fingerprint density at radius 1 is 1.00 bits per heavy atom. The van der Waals surface area contributed by atoms with Gasteiger partial charge in [0.15, 0.2) is 0 Å². The number of allylic oxidation sites excluding steroid dienone is 9. The summed E-state index contributed by atoms with van der Waals surface area (Å²) in [5.41, 5.74) is 3.63. The van der Waals surface area contributed by atoms with Crippen LogP contribution >= 0.6 is 0 Å². The molecule has 1 aromatic carbocycles. The first-order valence-corrected chi connectivity index (χ1v) is 13.1. The number of rotatable bonds is 6. The maximum Gasteiger partial charge on any atom is 0.327 e. The lowest BCUT2D eigenvalue weighted by molar-refractivity contribution is -0.131. The summed E-state index contributed by atoms with van der Waals surface area (Å²) in [5, 5.41) is 12.8. The van der Waals surface area contributed by atoms with Crippen molar-refractivity contribution in [3.63, 3.8) is 0 Å². The monoisotopic (exact) mass is 492 g/mol. The molecular formula is C32H32N2O3. The lowest BCUT2D eigenvalue weighted by atomic mass is 9.75. The molecule has 0 aliphatic heterocycles. The molecule has 3 aliphatic rings. The summed E-state index contributed by atoms with van der Waals surface area (Å²) >= 11 is 0. The molecule has 2 unspecified atom stereocenters. The molecule has 1 saturated carbocycles. The Morgan fingerprint density at radius 3 is 2.65 bits per heavy atom. The zero-order valence-corrected chi connectivity index (χ0v) is 20.8. The SMILES string of the molecule is O=C(O)/C=C/C1CCC(C2C=CC=C(c3ccc4c(C(=O)NC5C=CC=CC5)ccnc4c3)C=C2)CC1. The highest BCUT2D eigenvalue weighted by atomic mass is 16.4. The first kappa shape index (κ1) is 24.7. The van der Waals surface area contributed by atoms with Gasteiger partial charge in [-0.25, -0.2) is 4.79 Å². The first-order chi connectivity index (χ1) is 18.1. The van der Waals surface area contributed by atoms with E-state index < -0.39 is 5.97 Å². The van der Waals surface area contributed by atoms with Crippen molar-refractivity contribution in [1.29, 1.82) is 0 Å². The summed E-state index contributed by atoms with van der Waals surface area (Å²) in [6.45, 7) is 0. The Balaban J connectivity index is 1.27. The van der Waals surface area contributed by atoms with Gasteiger partial charge in [0.2, 0.25) is 0 Å². The molecule has 5 heteroatoms. The molecule has 0 radical (unpaired) electrons. The minimum absolute atomic E-state index is 0.0114. The number of hydrogen-bond donors (Lipinski definition) is 2. The molecule has 0 saturated heterocycles. The lowest BCUT2D eigenvalue weighted by Crippen LogP contribution is -2.33. The highest BCUT2D eigenvalue weighted by Gasteiger charge is 2.24. The van der Waals surface area contributed by atoms with Gasteiger partial charge in [0.05, 0.1) is 17.1 Å². The number of aliphatic carboxylic acids is 1. The van der Waals surface area contributed by atoms with Gasteiger partial charge in [0.1, 0.15) is 0 Å². The number of carbonyl (C=O) groups excluding carboxylic acids is 1. The Bertz CT molecular complexity index is 1350. The molecule has 37 heavy (non-hydrogen) atoms. The quantitative estimate of drug-likeness (QED) is 0.456. The smallest absolute Gasteiger partial charge is 0.327 e. The third-order valence-electron chi connectivity index (χ3n) is 7.60. The van der Waals surface area contributed by atoms with Gasteiger partial charge in [-0.2, -0.15) is 0 Å². The Morgan fingerprint density at radius 2 is 1.86 bits per heavy atom. The third kappa shape index (κ3) is 6.05. The molecule has 5 rings (SSSR count). The van der Waals surface area contributed by atoms with Crippen LogP contribution in [0.1, 0.15) is 48.0 Å². The number of hydrogen-bond acceptors (Lipinski definition) is 3. The van der Waals surface area contributed by atoms with E-state index in [0.29, 0.717) is 23.3 Å². The third-order valence-corrected chi connectivity index (χ3v) is 7.60. The Labute approximate surface area is 217 Å². The van der Waals surface area contributed by atoms with E-state index >= 15 is 0 Å². The van der Waals surface area contributed by atoms with Crippen LogP contribution in [0.4, 0.5) is 0 Å². The molecule has 1 fully saturated rings. The Hall–Kier alpha value is -3.99. The summed E-state index contributed by atoms with van der Waals surface area (Å²) in [6.07, 6.45) is 29.0. The summed E-state index contributed by atoms with van der Waals surface area (Å²) in [5.74, 6) is 0.359. The molecule has 1 heterocycles. The number of benzene rings is 1. The van der Waals surface area contributed by atoms with E-state index in [1.54, 1.807) is 12.3 Å². The minimum Gasteiger partial charge on any atom is -0.478 e. The number of carboxylic acids is 1. The van der Waals surface area contributed by atoms with E-state index in [2.05, 4.69) is 58.9 Å². The highest BCUT2D eigenvalue weighted by molar-refractivity contribution is 6.06. The molecular weight excluding hydrogens is 460 g/mol. The number of fused-ring (bicyclic) bond motifs is 1. The molecule has 0 spiro atoms. The van der Waals surface area contributed by atoms with E-state index in [0.717, 1.165) is 54.1 Å². The summed E-state index contributed by atoms with van der Waals surface area (Å²) in [6, 6.07) is 7.91. The van der Waals surface area contributed by atoms with Crippen LogP contribution in [0.3, 0.4) is 0 Å². The topological polar surface area (TPSA) is 79.3 Å². The summed E-state index contributed by atoms with van der Waals surface area (Å²) in [7, 11) is 0. The number of carbonyl (C=O) groups is 2. The second-order valence-corrected chi connectivity index (χ2v) is 10.0. The highest BCUT2D eigenvalue weighted by Crippen LogP contribution is 2.36. The average Bonchev–Trinajstić information content (AvgIpc) is 3.18. The number of nitrogens with zero attached hydrogens (tertiary/aromatic N) is 1. The van der Waals surface area contributed by atoms with Crippen molar-refractivity contribution in [1.82, 2.24) is 10.3 Å². The van der Waals surface area contributed by atoms with Crippen LogP contribution in [0.2, 0.25) is 0 Å². The van der Waals surface area contributed by atoms with E-state index in [1.165, 1.54) is 6.08 Å². The van der Waals surface area contributed by atoms with Gasteiger partial charge in [-0.15, -0.1) is 0 Å². The maximum atomic E-state index is 13.0. The zero-order valence-electron chi connectivity index (χ0n) is 20.8. The van der Waals surface area contributed by atoms with Gasteiger partial charge in [0, 0.05) is 17.7 Å². The van der Waals surface area contributed by atoms with Crippen LogP contribution in [0, 0.1) is 17.8 Å². The second kappa shape index (κ2) is 11.4. The lowest BCUT2D eigenvalue weighted by Gasteiger charge is -2.30. The standard InChI is InChI=1S/C32H32N2O3/c35-31(36)18-11-22-9-12-25(13-10-22)23-5-4-6-24(15-14-23)26-16-17-28-29(19-20-33-30(28)21-26)32(37)34-27-7-2-1-3-8-27/h1-7,11,14-23,25,27H,8-10,12-13H2,(H,34,37)(H,35,36)/b18-11+. The van der Waals surface area contributed by atoms with Crippen LogP contribution in [-0.2, 0) is 4.79 Å². The predicted molar refractivity (Wildman–Crippen MR) is 148 cm³/mol. The molecule has 0 bridgehead atoms. The number of aromatic nitrogens is 1. The zero-order chi connectivity index (χ0) is 25.6. The largest absolute Gasteiger partial charge is 0.478 e. The fourth-order valence-electron chi connectivity index (χ4n) is 5.53. The maximum absolute atomic E-state index is 13.0. The number of amides is 1. The van der Waals surface area contributed by atoms with Gasteiger partial charge >= 0.3 is 5.97 Å². The van der Waals surface area contributed by atoms with Gasteiger partial charge in [0.25, 0.3) is 5.91 Å². The van der Waals surface area contributed by atoms with Gasteiger partial charge in [-0.05, 0) is 73.1 Å². The summed E-state index contributed by atoms with van der Waals surface area (Å²) < 4.78 is 0. The van der Waals surface area contributed by atoms with Crippen molar-refractivity contribution < 1.29 is 14.7 Å². The van der Waals surface area contributed by atoms with E-state index in [9.17, 15) is 9.59 Å². The molecule has 2 aromatic rings. The van der Waals surface area contributed by atoms with Gasteiger partial charge < -0.3 is 10.4 Å². The van der Waals surface area contributed by atoms with Crippen molar-refractivity contribution >= 4 is 28.4 Å². The van der Waals surface area contributed by atoms with Crippen molar-refractivity contribution in [3.05, 3.63) is 108 Å². The van der Waals surface area contributed by atoms with E-state index in [4.69, 9.17) is 5.11 Å². The van der Waals surface area contributed by atoms with Crippen molar-refractivity contribution in [2.45, 2.75) is 38.1 Å². The van der Waals surface area contributed by atoms with Gasteiger partial charge in [-0.3, -0.25) is 9.78 Å². The summed E-state index contributed by atoms with van der Waals surface area (Å²) in [4.78, 5) is 28.3. The minimum atomic E-state index is -0.867. The number of carboxylic acid groups (broad SMARTS) is 1. The predicted octanol–water partition coefficient (Wildman–Crippen LogP) is 6.42. The molecule has 1 aromatic heterocycles. The molecule has 2 N–H and O–H groups in total. The van der Waals surface area contributed by atoms with Crippen LogP contribution in [0.5, 0.6) is 0 Å². The van der Waals surface area contributed by atoms with Gasteiger partial charge in [-0.1, -0.05) is 72.9 Å². The molecule has 2 atom stereocenters. The van der Waals surface area contributed by atoms with Crippen LogP contribution in [-0.4, -0.2) is 28.0 Å². The van der Waals surface area contributed by atoms with Crippen molar-refractivity contribution in [3.8, 4) is 0 Å². The molecule has 3 aliphatic carbocycles. The molecule has 188 valence electrons. The Kier molecular flexibility index (Phi) is 7.59. The van der Waals surface area contributed by atoms with Crippen LogP contribution in [0.15, 0.2) is 97.3 Å². The van der Waals surface area contributed by atoms with E-state index in [-0.39, 0.29) is 11.9 Å². The van der Waals surface area contributed by atoms with Crippen molar-refractivity contribution in [2.24, 2.45) is 17.8 Å². The number of nitrogens with one attached hydrogen (secondary N) is 1. The fraction of sp³-hybridized carbons (Fsp3) is 0.281.